The molecule has 20 heteroatoms. The molecular weight excluding hydrogens is 772 g/mol. The zero-order valence-electron chi connectivity index (χ0n) is 26.4. The smallest absolute Gasteiger partial charge is 0.415 e. The number of nitro groups is 2. The number of β-lactam (4-membered cyclic amide) rings is 1. The number of carbonyl (C=O) groups is 5. The van der Waals surface area contributed by atoms with Crippen molar-refractivity contribution in [2.45, 2.75) is 24.6 Å². The number of para-hydroxylation sites is 1. The summed E-state index contributed by atoms with van der Waals surface area (Å²) in [6.07, 6.45) is -1.08. The van der Waals surface area contributed by atoms with Crippen LogP contribution in [-0.2, 0) is 41.9 Å². The number of anilines is 1. The fraction of sp³-hybridized carbons (Fsp3) is 0.188. The van der Waals surface area contributed by atoms with Crippen LogP contribution in [0.15, 0.2) is 84.3 Å². The lowest BCUT2D eigenvalue weighted by Gasteiger charge is -2.46. The Morgan fingerprint density at radius 3 is 2.06 bits per heavy atom. The highest BCUT2D eigenvalue weighted by Crippen LogP contribution is 2.35. The van der Waals surface area contributed by atoms with E-state index in [1.165, 1.54) is 72.8 Å². The number of thioether (sulfide) groups is 1. The number of hydrogen-bond donors (Lipinski definition) is 2. The Balaban J connectivity index is 1.50. The van der Waals surface area contributed by atoms with E-state index in [1.54, 1.807) is 0 Å². The average molecular weight is 798 g/mol. The molecule has 4 rings (SSSR count). The summed E-state index contributed by atoms with van der Waals surface area (Å²) in [7, 11) is 0. The van der Waals surface area contributed by atoms with Crippen LogP contribution >= 0.6 is 27.7 Å². The van der Waals surface area contributed by atoms with E-state index in [0.717, 1.165) is 9.80 Å². The van der Waals surface area contributed by atoms with Crippen molar-refractivity contribution in [1.82, 2.24) is 10.2 Å². The van der Waals surface area contributed by atoms with Crippen LogP contribution in [0.1, 0.15) is 16.7 Å². The highest BCUT2D eigenvalue weighted by atomic mass is 79.9. The molecule has 3 amide bonds. The third-order valence-corrected chi connectivity index (χ3v) is 8.66. The highest BCUT2D eigenvalue weighted by Gasteiger charge is 2.53. The van der Waals surface area contributed by atoms with Gasteiger partial charge in [-0.1, -0.05) is 39.8 Å². The van der Waals surface area contributed by atoms with Crippen LogP contribution in [0.5, 0.6) is 0 Å². The first-order chi connectivity index (χ1) is 24.9. The van der Waals surface area contributed by atoms with Gasteiger partial charge in [0, 0.05) is 24.3 Å². The van der Waals surface area contributed by atoms with Gasteiger partial charge in [0.1, 0.15) is 43.0 Å². The molecule has 18 nitrogen and oxygen atoms in total. The molecular formula is C32H25BrN6O12S. The summed E-state index contributed by atoms with van der Waals surface area (Å²) >= 11 is 3.50. The summed E-state index contributed by atoms with van der Waals surface area (Å²) < 4.78 is 10.6. The van der Waals surface area contributed by atoms with Crippen LogP contribution in [0.2, 0.25) is 0 Å². The number of alkyl halides is 1. The highest BCUT2D eigenvalue weighted by molar-refractivity contribution is 9.09. The summed E-state index contributed by atoms with van der Waals surface area (Å²) in [6, 6.07) is 16.5. The van der Waals surface area contributed by atoms with Crippen LogP contribution < -0.4 is 10.2 Å². The second kappa shape index (κ2) is 17.6. The number of carbonyl (C=O) groups excluding carboxylic acids is 5. The number of allylic oxidation sites excluding steroid dienone is 1. The lowest BCUT2D eigenvalue weighted by Crippen LogP contribution is -2.70. The fourth-order valence-electron chi connectivity index (χ4n) is 4.73. The maximum absolute atomic E-state index is 13.4. The topological polar surface area (TPSA) is 253 Å². The Morgan fingerprint density at radius 1 is 0.981 bits per heavy atom. The number of halogens is 1. The van der Waals surface area contributed by atoms with Gasteiger partial charge in [-0.15, -0.1) is 0 Å². The van der Waals surface area contributed by atoms with Gasteiger partial charge < -0.3 is 19.9 Å². The standard InChI is InChI=1S/C32H25BrN6O12S/c33-13-25(41)28(31(44)50-16-19-5-9-22(10-6-19)38(46)47)37-29(43)27(30(37)52-18-40)35-26(42)15-36(24-4-2-1-3-21(24)14-34)32(45)51-17-20-7-11-23(12-8-20)39(48)49/h1-12,18,27,30,41H,13,15-17H2,(H,35,42)/b28-25-. The largest absolute Gasteiger partial charge is 0.509 e. The summed E-state index contributed by atoms with van der Waals surface area (Å²) in [6.45, 7) is -1.54. The van der Waals surface area contributed by atoms with E-state index in [2.05, 4.69) is 21.2 Å². The molecule has 1 aliphatic heterocycles. The number of aliphatic hydroxyl groups excluding tert-OH is 1. The predicted octanol–water partition coefficient (Wildman–Crippen LogP) is 4.00. The van der Waals surface area contributed by atoms with Crippen LogP contribution in [0, 0.1) is 31.6 Å². The molecule has 0 aromatic heterocycles. The molecule has 52 heavy (non-hydrogen) atoms. The molecule has 2 unspecified atom stereocenters. The monoisotopic (exact) mass is 796 g/mol. The zero-order chi connectivity index (χ0) is 37.9. The second-order valence-corrected chi connectivity index (χ2v) is 12.0. The number of benzene rings is 3. The second-order valence-electron chi connectivity index (χ2n) is 10.5. The SMILES string of the molecule is N#Cc1ccccc1N(CC(=O)NC1C(=O)N(/C(C(=O)OCc2ccc([N+](=O)[O-])cc2)=C(\O)CBr)C1SC=O)C(=O)OCc1ccc([N+](=O)[O-])cc1. The normalized spacial score (nSPS) is 15.2. The number of likely N-dealkylation sites (tertiary alicyclic amines) is 1. The molecule has 3 aromatic rings. The molecule has 0 bridgehead atoms. The summed E-state index contributed by atoms with van der Waals surface area (Å²) in [5.41, 5.74) is 0.0459. The van der Waals surface area contributed by atoms with Crippen LogP contribution in [0.4, 0.5) is 21.9 Å². The van der Waals surface area contributed by atoms with Gasteiger partial charge in [-0.05, 0) is 47.5 Å². The van der Waals surface area contributed by atoms with Crippen molar-refractivity contribution < 1.29 is 48.4 Å². The van der Waals surface area contributed by atoms with Crippen molar-refractivity contribution in [1.29, 1.82) is 5.26 Å². The number of esters is 1. The Labute approximate surface area is 306 Å². The van der Waals surface area contributed by atoms with Crippen molar-refractivity contribution >= 4 is 74.2 Å². The Kier molecular flexibility index (Phi) is 13.0. The molecule has 1 saturated heterocycles. The third kappa shape index (κ3) is 9.06. The predicted molar refractivity (Wildman–Crippen MR) is 185 cm³/mol. The molecule has 1 heterocycles. The van der Waals surface area contributed by atoms with Gasteiger partial charge in [-0.25, -0.2) is 9.59 Å². The number of ether oxygens (including phenoxy) is 2. The minimum atomic E-state index is -1.44. The molecule has 268 valence electrons. The summed E-state index contributed by atoms with van der Waals surface area (Å²) in [5.74, 6) is -3.68. The van der Waals surface area contributed by atoms with Crippen molar-refractivity contribution in [2.24, 2.45) is 0 Å². The van der Waals surface area contributed by atoms with Crippen LogP contribution in [0.25, 0.3) is 0 Å². The number of nitro benzene ring substituents is 2. The molecule has 0 radical (unpaired) electrons. The van der Waals surface area contributed by atoms with Gasteiger partial charge >= 0.3 is 12.1 Å². The van der Waals surface area contributed by atoms with E-state index < -0.39 is 69.7 Å². The molecule has 2 N–H and O–H groups in total. The van der Waals surface area contributed by atoms with E-state index in [0.29, 0.717) is 28.5 Å². The van der Waals surface area contributed by atoms with Gasteiger partial charge in [0.2, 0.25) is 5.91 Å². The molecule has 0 spiro atoms. The fourth-order valence-corrected chi connectivity index (χ4v) is 5.78. The number of non-ortho nitro benzene ring substituents is 2. The van der Waals surface area contributed by atoms with E-state index in [-0.39, 0.29) is 34.6 Å². The van der Waals surface area contributed by atoms with E-state index in [9.17, 15) is 54.6 Å². The lowest BCUT2D eigenvalue weighted by molar-refractivity contribution is -0.385. The van der Waals surface area contributed by atoms with Crippen LogP contribution in [-0.4, -0.2) is 72.6 Å². The van der Waals surface area contributed by atoms with Gasteiger partial charge in [0.25, 0.3) is 17.3 Å². The minimum absolute atomic E-state index is 0.00451. The first-order valence-corrected chi connectivity index (χ1v) is 16.7. The number of hydrogen-bond acceptors (Lipinski definition) is 14. The molecule has 0 saturated carbocycles. The van der Waals surface area contributed by atoms with E-state index >= 15 is 0 Å². The maximum Gasteiger partial charge on any atom is 0.415 e. The summed E-state index contributed by atoms with van der Waals surface area (Å²) in [4.78, 5) is 87.0. The average Bonchev–Trinajstić information content (AvgIpc) is 3.15. The maximum atomic E-state index is 13.4. The van der Waals surface area contributed by atoms with Crippen LogP contribution in [0.3, 0.4) is 0 Å². The quantitative estimate of drug-likeness (QED) is 0.0322. The molecule has 1 aliphatic rings. The van der Waals surface area contributed by atoms with Gasteiger partial charge in [0.05, 0.1) is 26.4 Å². The van der Waals surface area contributed by atoms with Gasteiger partial charge in [0.15, 0.2) is 11.3 Å². The van der Waals surface area contributed by atoms with Crippen molar-refractivity contribution in [2.75, 3.05) is 16.8 Å². The lowest BCUT2D eigenvalue weighted by atomic mass is 10.0. The van der Waals surface area contributed by atoms with Gasteiger partial charge in [-0.3, -0.25) is 44.4 Å². The molecule has 0 aliphatic carbocycles. The zero-order valence-corrected chi connectivity index (χ0v) is 28.9. The molecule has 2 atom stereocenters. The van der Waals surface area contributed by atoms with Crippen molar-refractivity contribution in [3.8, 4) is 6.07 Å². The number of aliphatic hydroxyl groups is 1. The Bertz CT molecular complexity index is 1970. The molecule has 1 fully saturated rings. The number of amides is 3. The Hall–Kier alpha value is -6.33. The van der Waals surface area contributed by atoms with Gasteiger partial charge in [-0.2, -0.15) is 5.26 Å². The minimum Gasteiger partial charge on any atom is -0.509 e. The first kappa shape index (κ1) is 38.5. The van der Waals surface area contributed by atoms with E-state index in [4.69, 9.17) is 9.47 Å². The number of nitrogens with zero attached hydrogens (tertiary/aromatic N) is 5. The third-order valence-electron chi connectivity index (χ3n) is 7.25. The number of rotatable bonds is 15. The first-order valence-electron chi connectivity index (χ1n) is 14.7. The summed E-state index contributed by atoms with van der Waals surface area (Å²) in [5, 5.41) is 42.9. The van der Waals surface area contributed by atoms with Crippen molar-refractivity contribution in [3.05, 3.63) is 121 Å². The van der Waals surface area contributed by atoms with Crippen molar-refractivity contribution in [3.63, 3.8) is 0 Å². The molecule has 3 aromatic carbocycles. The van der Waals surface area contributed by atoms with E-state index in [1.807, 2.05) is 6.07 Å². The number of nitriles is 1. The Morgan fingerprint density at radius 2 is 1.54 bits per heavy atom. The number of nitrogens with one attached hydrogen (secondary N) is 1.